The number of aryl methyl sites for hydroxylation is 1. The van der Waals surface area contributed by atoms with Gasteiger partial charge in [-0.1, -0.05) is 55.8 Å². The number of carbonyl (C=O) groups excluding carboxylic acids is 1. The van der Waals surface area contributed by atoms with E-state index in [1.54, 1.807) is 0 Å². The van der Waals surface area contributed by atoms with Crippen molar-refractivity contribution < 1.29 is 4.79 Å². The first-order valence-corrected chi connectivity index (χ1v) is 7.74. The van der Waals surface area contributed by atoms with Crippen LogP contribution < -0.4 is 10.6 Å². The molecule has 0 heterocycles. The van der Waals surface area contributed by atoms with Gasteiger partial charge in [0.25, 0.3) is 0 Å². The predicted octanol–water partition coefficient (Wildman–Crippen LogP) is 5.09. The van der Waals surface area contributed by atoms with E-state index in [2.05, 4.69) is 24.5 Å². The van der Waals surface area contributed by atoms with Crippen molar-refractivity contribution in [2.45, 2.75) is 33.2 Å². The molecular weight excluding hydrogens is 296 g/mol. The van der Waals surface area contributed by atoms with Crippen molar-refractivity contribution >= 4 is 23.3 Å². The van der Waals surface area contributed by atoms with Crippen molar-refractivity contribution in [1.82, 2.24) is 5.32 Å². The van der Waals surface area contributed by atoms with Gasteiger partial charge in [-0.15, -0.1) is 0 Å². The highest BCUT2D eigenvalue weighted by atomic mass is 35.5. The molecule has 2 N–H and O–H groups in total. The molecule has 0 aliphatic rings. The van der Waals surface area contributed by atoms with Gasteiger partial charge in [-0.05, 0) is 41.7 Å². The minimum atomic E-state index is -0.203. The number of amides is 2. The van der Waals surface area contributed by atoms with Crippen LogP contribution in [0.3, 0.4) is 0 Å². The number of nitrogens with one attached hydrogen (secondary N) is 2. The number of carbonyl (C=O) groups is 1. The Kier molecular flexibility index (Phi) is 5.45. The molecule has 0 bridgehead atoms. The molecule has 116 valence electrons. The standard InChI is InChI=1S/C18H21ClN2O/c1-12(2)16-6-4-5-13(3)17(16)21-18(22)20-11-14-7-9-15(19)10-8-14/h4-10,12H,11H2,1-3H3,(H2,20,21,22). The highest BCUT2D eigenvalue weighted by Gasteiger charge is 2.11. The molecule has 0 aromatic heterocycles. The summed E-state index contributed by atoms with van der Waals surface area (Å²) < 4.78 is 0. The third kappa shape index (κ3) is 4.25. The number of benzene rings is 2. The number of rotatable bonds is 4. The quantitative estimate of drug-likeness (QED) is 0.810. The molecule has 22 heavy (non-hydrogen) atoms. The van der Waals surface area contributed by atoms with E-state index < -0.39 is 0 Å². The van der Waals surface area contributed by atoms with Crippen LogP contribution in [0, 0.1) is 6.92 Å². The van der Waals surface area contributed by atoms with Crippen LogP contribution >= 0.6 is 11.6 Å². The number of hydrogen-bond donors (Lipinski definition) is 2. The van der Waals surface area contributed by atoms with Crippen LogP contribution in [-0.4, -0.2) is 6.03 Å². The Bertz CT molecular complexity index is 651. The van der Waals surface area contributed by atoms with Gasteiger partial charge in [0.05, 0.1) is 0 Å². The summed E-state index contributed by atoms with van der Waals surface area (Å²) in [6, 6.07) is 13.3. The molecule has 0 saturated heterocycles. The lowest BCUT2D eigenvalue weighted by atomic mass is 9.98. The number of hydrogen-bond acceptors (Lipinski definition) is 1. The van der Waals surface area contributed by atoms with E-state index >= 15 is 0 Å². The topological polar surface area (TPSA) is 41.1 Å². The summed E-state index contributed by atoms with van der Waals surface area (Å²) in [7, 11) is 0. The van der Waals surface area contributed by atoms with Crippen LogP contribution in [0.25, 0.3) is 0 Å². The first kappa shape index (κ1) is 16.4. The Balaban J connectivity index is 2.02. The smallest absolute Gasteiger partial charge is 0.319 e. The van der Waals surface area contributed by atoms with Gasteiger partial charge in [0, 0.05) is 17.3 Å². The molecule has 4 heteroatoms. The van der Waals surface area contributed by atoms with Crippen molar-refractivity contribution in [3.8, 4) is 0 Å². The summed E-state index contributed by atoms with van der Waals surface area (Å²) in [5.74, 6) is 0.353. The molecule has 0 saturated carbocycles. The second kappa shape index (κ2) is 7.32. The Morgan fingerprint density at radius 1 is 1.14 bits per heavy atom. The zero-order valence-electron chi connectivity index (χ0n) is 13.1. The maximum absolute atomic E-state index is 12.1. The van der Waals surface area contributed by atoms with Crippen molar-refractivity contribution in [2.24, 2.45) is 0 Å². The number of para-hydroxylation sites is 1. The maximum atomic E-state index is 12.1. The van der Waals surface area contributed by atoms with Gasteiger partial charge in [-0.3, -0.25) is 0 Å². The molecule has 2 aromatic carbocycles. The third-order valence-electron chi connectivity index (χ3n) is 3.53. The van der Waals surface area contributed by atoms with Gasteiger partial charge in [0.1, 0.15) is 0 Å². The van der Waals surface area contributed by atoms with Crippen molar-refractivity contribution in [3.05, 3.63) is 64.2 Å². The van der Waals surface area contributed by atoms with E-state index in [0.29, 0.717) is 17.5 Å². The summed E-state index contributed by atoms with van der Waals surface area (Å²) in [6.07, 6.45) is 0. The van der Waals surface area contributed by atoms with Crippen LogP contribution in [0.4, 0.5) is 10.5 Å². The molecule has 0 radical (unpaired) electrons. The highest BCUT2D eigenvalue weighted by Crippen LogP contribution is 2.27. The van der Waals surface area contributed by atoms with E-state index in [1.165, 1.54) is 0 Å². The Labute approximate surface area is 136 Å². The SMILES string of the molecule is Cc1cccc(C(C)C)c1NC(=O)NCc1ccc(Cl)cc1. The molecule has 3 nitrogen and oxygen atoms in total. The zero-order valence-corrected chi connectivity index (χ0v) is 13.9. The lowest BCUT2D eigenvalue weighted by Gasteiger charge is -2.16. The first-order valence-electron chi connectivity index (χ1n) is 7.36. The van der Waals surface area contributed by atoms with Crippen LogP contribution in [0.5, 0.6) is 0 Å². The first-order chi connectivity index (χ1) is 10.5. The molecule has 0 unspecified atom stereocenters. The van der Waals surface area contributed by atoms with Crippen molar-refractivity contribution in [1.29, 1.82) is 0 Å². The number of halogens is 1. The van der Waals surface area contributed by atoms with Gasteiger partial charge >= 0.3 is 6.03 Å². The van der Waals surface area contributed by atoms with Gasteiger partial charge in [-0.25, -0.2) is 4.79 Å². The maximum Gasteiger partial charge on any atom is 0.319 e. The monoisotopic (exact) mass is 316 g/mol. The van der Waals surface area contributed by atoms with Gasteiger partial charge < -0.3 is 10.6 Å². The van der Waals surface area contributed by atoms with Crippen molar-refractivity contribution in [2.75, 3.05) is 5.32 Å². The van der Waals surface area contributed by atoms with Crippen LogP contribution in [0.15, 0.2) is 42.5 Å². The third-order valence-corrected chi connectivity index (χ3v) is 3.78. The van der Waals surface area contributed by atoms with Crippen molar-refractivity contribution in [3.63, 3.8) is 0 Å². The van der Waals surface area contributed by atoms with E-state index in [-0.39, 0.29) is 6.03 Å². The van der Waals surface area contributed by atoms with Gasteiger partial charge in [0.2, 0.25) is 0 Å². The van der Waals surface area contributed by atoms with Crippen LogP contribution in [-0.2, 0) is 6.54 Å². The fourth-order valence-corrected chi connectivity index (χ4v) is 2.41. The normalized spacial score (nSPS) is 10.6. The van der Waals surface area contributed by atoms with Crippen LogP contribution in [0.2, 0.25) is 5.02 Å². The molecule has 0 spiro atoms. The molecule has 0 aliphatic carbocycles. The average molecular weight is 317 g/mol. The second-order valence-electron chi connectivity index (χ2n) is 5.63. The second-order valence-corrected chi connectivity index (χ2v) is 6.06. The van der Waals surface area contributed by atoms with E-state index in [0.717, 1.165) is 22.4 Å². The summed E-state index contributed by atoms with van der Waals surface area (Å²) in [5.41, 5.74) is 4.11. The summed E-state index contributed by atoms with van der Waals surface area (Å²) in [4.78, 5) is 12.1. The molecule has 0 aliphatic heterocycles. The van der Waals surface area contributed by atoms with E-state index in [4.69, 9.17) is 11.6 Å². The number of anilines is 1. The average Bonchev–Trinajstić information content (AvgIpc) is 2.48. The molecule has 2 rings (SSSR count). The molecule has 2 aromatic rings. The molecule has 0 fully saturated rings. The summed E-state index contributed by atoms with van der Waals surface area (Å²) in [6.45, 7) is 6.70. The molecule has 0 atom stereocenters. The molecular formula is C18H21ClN2O. The fraction of sp³-hybridized carbons (Fsp3) is 0.278. The minimum absolute atomic E-state index is 0.203. The van der Waals surface area contributed by atoms with E-state index in [9.17, 15) is 4.79 Å². The Morgan fingerprint density at radius 2 is 1.82 bits per heavy atom. The highest BCUT2D eigenvalue weighted by molar-refractivity contribution is 6.30. The van der Waals surface area contributed by atoms with Crippen LogP contribution in [0.1, 0.15) is 36.5 Å². The van der Waals surface area contributed by atoms with E-state index in [1.807, 2.05) is 49.4 Å². The summed E-state index contributed by atoms with van der Waals surface area (Å²) >= 11 is 5.85. The Morgan fingerprint density at radius 3 is 2.45 bits per heavy atom. The lowest BCUT2D eigenvalue weighted by molar-refractivity contribution is 0.251. The fourth-order valence-electron chi connectivity index (χ4n) is 2.28. The summed E-state index contributed by atoms with van der Waals surface area (Å²) in [5, 5.41) is 6.52. The Hall–Kier alpha value is -2.00. The predicted molar refractivity (Wildman–Crippen MR) is 92.6 cm³/mol. The number of urea groups is 1. The minimum Gasteiger partial charge on any atom is -0.334 e. The largest absolute Gasteiger partial charge is 0.334 e. The van der Waals surface area contributed by atoms with Gasteiger partial charge in [0.15, 0.2) is 0 Å². The molecule has 2 amide bonds. The van der Waals surface area contributed by atoms with Gasteiger partial charge in [-0.2, -0.15) is 0 Å². The zero-order chi connectivity index (χ0) is 16.1. The lowest BCUT2D eigenvalue weighted by Crippen LogP contribution is -2.29.